The van der Waals surface area contributed by atoms with Gasteiger partial charge in [0.1, 0.15) is 17.9 Å². The van der Waals surface area contributed by atoms with E-state index in [0.717, 1.165) is 43.4 Å². The number of nitrogens with zero attached hydrogens (tertiary/aromatic N) is 3. The first-order valence-corrected chi connectivity index (χ1v) is 10.4. The van der Waals surface area contributed by atoms with Gasteiger partial charge in [0.25, 0.3) is 0 Å². The summed E-state index contributed by atoms with van der Waals surface area (Å²) >= 11 is 3.51. The van der Waals surface area contributed by atoms with Crippen LogP contribution in [0.3, 0.4) is 0 Å². The molecule has 8 heteroatoms. The number of fused-ring (bicyclic) bond motifs is 3. The van der Waals surface area contributed by atoms with Crippen molar-refractivity contribution in [3.63, 3.8) is 0 Å². The molecule has 0 unspecified atom stereocenters. The van der Waals surface area contributed by atoms with Crippen LogP contribution in [0, 0.1) is 0 Å². The Morgan fingerprint density at radius 3 is 2.67 bits per heavy atom. The van der Waals surface area contributed by atoms with Gasteiger partial charge in [-0.1, -0.05) is 40.2 Å². The second kappa shape index (κ2) is 8.81. The van der Waals surface area contributed by atoms with Crippen LogP contribution in [-0.2, 0) is 24.4 Å². The fraction of sp³-hybridized carbons (Fsp3) is 0.227. The molecule has 0 spiro atoms. The molecule has 0 radical (unpaired) electrons. The number of carbonyl (C=O) groups is 1. The summed E-state index contributed by atoms with van der Waals surface area (Å²) in [6.45, 7) is 3.90. The van der Waals surface area contributed by atoms with Crippen molar-refractivity contribution in [3.05, 3.63) is 70.1 Å². The molecule has 0 aliphatic heterocycles. The topological polar surface area (TPSA) is 89.3 Å². The minimum atomic E-state index is -1.03. The fourth-order valence-corrected chi connectivity index (χ4v) is 3.78. The summed E-state index contributed by atoms with van der Waals surface area (Å²) in [4.78, 5) is 20.0. The van der Waals surface area contributed by atoms with E-state index in [0.29, 0.717) is 19.8 Å². The van der Waals surface area contributed by atoms with Gasteiger partial charge in [-0.25, -0.2) is 9.78 Å². The van der Waals surface area contributed by atoms with Crippen molar-refractivity contribution in [1.29, 1.82) is 0 Å². The highest BCUT2D eigenvalue weighted by molar-refractivity contribution is 9.10. The lowest BCUT2D eigenvalue weighted by molar-refractivity contribution is 0.126. The van der Waals surface area contributed by atoms with Gasteiger partial charge in [-0.15, -0.1) is 0 Å². The van der Waals surface area contributed by atoms with Gasteiger partial charge in [0.05, 0.1) is 17.2 Å². The molecular weight excluding hydrogens is 448 g/mol. The Bertz CT molecular complexity index is 1200. The molecule has 2 heterocycles. The van der Waals surface area contributed by atoms with Gasteiger partial charge in [0.15, 0.2) is 0 Å². The number of aromatic nitrogens is 3. The van der Waals surface area contributed by atoms with Crippen molar-refractivity contribution in [3.8, 4) is 0 Å². The van der Waals surface area contributed by atoms with Crippen LogP contribution in [0.2, 0.25) is 0 Å². The van der Waals surface area contributed by atoms with Crippen LogP contribution >= 0.6 is 15.9 Å². The van der Waals surface area contributed by atoms with Gasteiger partial charge in [-0.2, -0.15) is 0 Å². The first-order chi connectivity index (χ1) is 14.5. The third kappa shape index (κ3) is 4.29. The summed E-state index contributed by atoms with van der Waals surface area (Å²) in [6, 6.07) is 13.9. The lowest BCUT2D eigenvalue weighted by atomic mass is 10.1. The van der Waals surface area contributed by atoms with Crippen LogP contribution in [0.25, 0.3) is 21.9 Å². The van der Waals surface area contributed by atoms with Crippen molar-refractivity contribution < 1.29 is 14.6 Å². The predicted molar refractivity (Wildman–Crippen MR) is 118 cm³/mol. The number of pyridine rings is 1. The molecule has 0 aliphatic carbocycles. The first kappa shape index (κ1) is 20.3. The third-order valence-electron chi connectivity index (χ3n) is 4.86. The van der Waals surface area contributed by atoms with Crippen LogP contribution in [0.1, 0.15) is 23.9 Å². The van der Waals surface area contributed by atoms with Crippen molar-refractivity contribution in [2.24, 2.45) is 0 Å². The average Bonchev–Trinajstić information content (AvgIpc) is 3.09. The summed E-state index contributed by atoms with van der Waals surface area (Å²) < 4.78 is 8.81. The minimum absolute atomic E-state index is 0.282. The van der Waals surface area contributed by atoms with Gasteiger partial charge in [0.2, 0.25) is 0 Å². The van der Waals surface area contributed by atoms with Gasteiger partial charge in [-0.05, 0) is 36.2 Å². The number of nitrogens with one attached hydrogen (secondary N) is 1. The molecule has 154 valence electrons. The van der Waals surface area contributed by atoms with E-state index >= 15 is 0 Å². The van der Waals surface area contributed by atoms with Crippen molar-refractivity contribution in [1.82, 2.24) is 19.9 Å². The molecule has 2 N–H and O–H groups in total. The average molecular weight is 469 g/mol. The molecule has 0 fully saturated rings. The first-order valence-electron chi connectivity index (χ1n) is 9.61. The Balaban J connectivity index is 1.74. The number of rotatable bonds is 7. The summed E-state index contributed by atoms with van der Waals surface area (Å²) in [6.07, 6.45) is 0.771. The van der Waals surface area contributed by atoms with E-state index in [-0.39, 0.29) is 6.54 Å². The van der Waals surface area contributed by atoms with Gasteiger partial charge in [0, 0.05) is 29.6 Å². The standard InChI is InChI=1S/C22H21BrN4O3/c1-2-30-13-20-26-19-11-24-18-9-16(23)7-8-17(18)21(19)27(20)12-15-5-3-14(4-6-15)10-25-22(28)29/h3-9,11,25H,2,10,12-13H2,1H3,(H,28,29). The summed E-state index contributed by atoms with van der Waals surface area (Å²) in [5.41, 5.74) is 4.76. The Kier molecular flexibility index (Phi) is 5.96. The number of hydrogen-bond acceptors (Lipinski definition) is 4. The van der Waals surface area contributed by atoms with Crippen LogP contribution in [0.15, 0.2) is 53.1 Å². The number of halogens is 1. The van der Waals surface area contributed by atoms with Crippen molar-refractivity contribution in [2.75, 3.05) is 6.61 Å². The molecule has 0 bridgehead atoms. The van der Waals surface area contributed by atoms with E-state index in [9.17, 15) is 4.79 Å². The summed E-state index contributed by atoms with van der Waals surface area (Å²) in [5, 5.41) is 12.2. The Labute approximate surface area is 181 Å². The van der Waals surface area contributed by atoms with Crippen LogP contribution < -0.4 is 5.32 Å². The number of ether oxygens (including phenoxy) is 1. The molecule has 2 aromatic heterocycles. The van der Waals surface area contributed by atoms with E-state index < -0.39 is 6.09 Å². The zero-order chi connectivity index (χ0) is 21.1. The maximum absolute atomic E-state index is 10.7. The molecular formula is C22H21BrN4O3. The maximum Gasteiger partial charge on any atom is 0.404 e. The Morgan fingerprint density at radius 2 is 1.93 bits per heavy atom. The Morgan fingerprint density at radius 1 is 1.17 bits per heavy atom. The SMILES string of the molecule is CCOCc1nc2cnc3cc(Br)ccc3c2n1Cc1ccc(CNC(=O)O)cc1. The molecule has 2 aromatic carbocycles. The number of amides is 1. The van der Waals surface area contributed by atoms with E-state index in [4.69, 9.17) is 14.8 Å². The molecule has 0 saturated carbocycles. The van der Waals surface area contributed by atoms with Gasteiger partial charge in [-0.3, -0.25) is 4.98 Å². The molecule has 0 aliphatic rings. The number of carboxylic acid groups (broad SMARTS) is 1. The van der Waals surface area contributed by atoms with Crippen molar-refractivity contribution >= 4 is 44.0 Å². The minimum Gasteiger partial charge on any atom is -0.465 e. The maximum atomic E-state index is 10.7. The smallest absolute Gasteiger partial charge is 0.404 e. The molecule has 30 heavy (non-hydrogen) atoms. The molecule has 7 nitrogen and oxygen atoms in total. The third-order valence-corrected chi connectivity index (χ3v) is 5.35. The lowest BCUT2D eigenvalue weighted by Gasteiger charge is -2.12. The van der Waals surface area contributed by atoms with Crippen LogP contribution in [0.4, 0.5) is 4.79 Å². The molecule has 0 atom stereocenters. The second-order valence-electron chi connectivity index (χ2n) is 6.88. The van der Waals surface area contributed by atoms with Gasteiger partial charge >= 0.3 is 6.09 Å². The molecule has 4 rings (SSSR count). The predicted octanol–water partition coefficient (Wildman–Crippen LogP) is 4.70. The summed E-state index contributed by atoms with van der Waals surface area (Å²) in [7, 11) is 0. The number of hydrogen-bond donors (Lipinski definition) is 2. The largest absolute Gasteiger partial charge is 0.465 e. The quantitative estimate of drug-likeness (QED) is 0.410. The van der Waals surface area contributed by atoms with Crippen molar-refractivity contribution in [2.45, 2.75) is 26.6 Å². The van der Waals surface area contributed by atoms with E-state index in [1.165, 1.54) is 0 Å². The normalized spacial score (nSPS) is 11.3. The summed E-state index contributed by atoms with van der Waals surface area (Å²) in [5.74, 6) is 0.848. The van der Waals surface area contributed by atoms with Crippen LogP contribution in [0.5, 0.6) is 0 Å². The highest BCUT2D eigenvalue weighted by Gasteiger charge is 2.15. The van der Waals surface area contributed by atoms with E-state index in [2.05, 4.69) is 36.9 Å². The molecule has 0 saturated heterocycles. The van der Waals surface area contributed by atoms with E-state index in [1.807, 2.05) is 43.3 Å². The fourth-order valence-electron chi connectivity index (χ4n) is 3.43. The monoisotopic (exact) mass is 468 g/mol. The van der Waals surface area contributed by atoms with E-state index in [1.54, 1.807) is 6.20 Å². The highest BCUT2D eigenvalue weighted by atomic mass is 79.9. The second-order valence-corrected chi connectivity index (χ2v) is 7.80. The number of benzene rings is 2. The molecule has 1 amide bonds. The van der Waals surface area contributed by atoms with Crippen LogP contribution in [-0.4, -0.2) is 32.3 Å². The van der Waals surface area contributed by atoms with Gasteiger partial charge < -0.3 is 19.7 Å². The lowest BCUT2D eigenvalue weighted by Crippen LogP contribution is -2.19. The zero-order valence-electron chi connectivity index (χ0n) is 16.4. The molecule has 4 aromatic rings. The number of imidazole rings is 1. The highest BCUT2D eigenvalue weighted by Crippen LogP contribution is 2.28. The Hall–Kier alpha value is -2.97. The zero-order valence-corrected chi connectivity index (χ0v) is 18.0.